The van der Waals surface area contributed by atoms with Crippen LogP contribution in [0.1, 0.15) is 18.4 Å². The van der Waals surface area contributed by atoms with Crippen LogP contribution in [0.5, 0.6) is 0 Å². The lowest BCUT2D eigenvalue weighted by Gasteiger charge is -2.22. The van der Waals surface area contributed by atoms with Crippen LogP contribution in [0.3, 0.4) is 0 Å². The van der Waals surface area contributed by atoms with E-state index in [0.29, 0.717) is 16.1 Å². The lowest BCUT2D eigenvalue weighted by molar-refractivity contribution is -0.119. The molecule has 0 unspecified atom stereocenters. The number of carbonyl (C=O) groups is 1. The van der Waals surface area contributed by atoms with E-state index in [9.17, 15) is 4.79 Å². The van der Waals surface area contributed by atoms with Crippen molar-refractivity contribution in [2.24, 2.45) is 5.73 Å². The van der Waals surface area contributed by atoms with Crippen LogP contribution >= 0.6 is 23.8 Å². The molecule has 6 heteroatoms. The number of benzene rings is 1. The first kappa shape index (κ1) is 14.1. The summed E-state index contributed by atoms with van der Waals surface area (Å²) in [6.45, 7) is 0.256. The molecule has 3 N–H and O–H groups in total. The van der Waals surface area contributed by atoms with Crippen molar-refractivity contribution in [3.05, 3.63) is 28.8 Å². The molecule has 0 aromatic heterocycles. The van der Waals surface area contributed by atoms with Gasteiger partial charge in [-0.15, -0.1) is 0 Å². The smallest absolute Gasteiger partial charge is 0.239 e. The highest BCUT2D eigenvalue weighted by Gasteiger charge is 2.24. The maximum absolute atomic E-state index is 11.8. The predicted molar refractivity (Wildman–Crippen MR) is 81.8 cm³/mol. The Bertz CT molecular complexity index is 517. The lowest BCUT2D eigenvalue weighted by Crippen LogP contribution is -2.37. The molecule has 1 amide bonds. The van der Waals surface area contributed by atoms with Gasteiger partial charge in [0.2, 0.25) is 5.91 Å². The number of likely N-dealkylation sites (N-methyl/N-ethyl adjacent to an activating group) is 1. The summed E-state index contributed by atoms with van der Waals surface area (Å²) in [6.07, 6.45) is 2.15. The minimum Gasteiger partial charge on any atom is -0.389 e. The normalized spacial score (nSPS) is 14.0. The second-order valence-corrected chi connectivity index (χ2v) is 5.60. The second kappa shape index (κ2) is 5.75. The average molecular weight is 298 g/mol. The largest absolute Gasteiger partial charge is 0.389 e. The maximum Gasteiger partial charge on any atom is 0.239 e. The molecule has 1 aromatic rings. The van der Waals surface area contributed by atoms with Gasteiger partial charge in [-0.05, 0) is 31.0 Å². The van der Waals surface area contributed by atoms with Gasteiger partial charge in [0.25, 0.3) is 0 Å². The number of nitrogens with two attached hydrogens (primary N) is 1. The van der Waals surface area contributed by atoms with Gasteiger partial charge in [-0.1, -0.05) is 23.8 Å². The van der Waals surface area contributed by atoms with Crippen LogP contribution in [-0.2, 0) is 4.79 Å². The van der Waals surface area contributed by atoms with Crippen LogP contribution in [0, 0.1) is 0 Å². The highest BCUT2D eigenvalue weighted by molar-refractivity contribution is 7.80. The Balaban J connectivity index is 2.12. The molecular formula is C13H16ClN3OS. The van der Waals surface area contributed by atoms with Crippen molar-refractivity contribution in [3.8, 4) is 0 Å². The van der Waals surface area contributed by atoms with Gasteiger partial charge in [-0.25, -0.2) is 0 Å². The van der Waals surface area contributed by atoms with Gasteiger partial charge in [-0.3, -0.25) is 4.79 Å². The molecular weight excluding hydrogens is 282 g/mol. The van der Waals surface area contributed by atoms with E-state index in [1.807, 2.05) is 7.05 Å². The van der Waals surface area contributed by atoms with E-state index in [-0.39, 0.29) is 12.5 Å². The predicted octanol–water partition coefficient (Wildman–Crippen LogP) is 1.69. The molecule has 2 rings (SSSR count). The number of anilines is 1. The summed E-state index contributed by atoms with van der Waals surface area (Å²) in [5, 5.41) is 3.53. The molecule has 4 nitrogen and oxygen atoms in total. The molecule has 19 heavy (non-hydrogen) atoms. The summed E-state index contributed by atoms with van der Waals surface area (Å²) in [6, 6.07) is 5.63. The first-order chi connectivity index (χ1) is 8.97. The maximum atomic E-state index is 11.8. The molecule has 0 saturated heterocycles. The topological polar surface area (TPSA) is 58.4 Å². The summed E-state index contributed by atoms with van der Waals surface area (Å²) >= 11 is 11.0. The fourth-order valence-corrected chi connectivity index (χ4v) is 2.17. The lowest BCUT2D eigenvalue weighted by atomic mass is 10.1. The van der Waals surface area contributed by atoms with Crippen LogP contribution in [0.2, 0.25) is 5.02 Å². The number of thiocarbonyl (C=S) groups is 1. The van der Waals surface area contributed by atoms with Crippen molar-refractivity contribution in [1.29, 1.82) is 0 Å². The molecule has 0 heterocycles. The standard InChI is InChI=1S/C13H16ClN3OS/c1-17(7-12(18)16-9-3-4-9)11-6-8(14)2-5-10(11)13(15)19/h2,5-6,9H,3-4,7H2,1H3,(H2,15,19)(H,16,18). The van der Waals surface area contributed by atoms with Crippen molar-refractivity contribution in [1.82, 2.24) is 5.32 Å². The zero-order chi connectivity index (χ0) is 14.0. The number of rotatable bonds is 5. The highest BCUT2D eigenvalue weighted by Crippen LogP contribution is 2.24. The third-order valence-electron chi connectivity index (χ3n) is 2.96. The molecule has 1 fully saturated rings. The Kier molecular flexibility index (Phi) is 4.27. The second-order valence-electron chi connectivity index (χ2n) is 4.72. The summed E-state index contributed by atoms with van der Waals surface area (Å²) in [5.74, 6) is -0.00105. The van der Waals surface area contributed by atoms with Gasteiger partial charge in [0.1, 0.15) is 4.99 Å². The minimum absolute atomic E-state index is 0.00105. The fourth-order valence-electron chi connectivity index (χ4n) is 1.83. The zero-order valence-electron chi connectivity index (χ0n) is 10.6. The molecule has 102 valence electrons. The third-order valence-corrected chi connectivity index (χ3v) is 3.41. The Morgan fingerprint density at radius 1 is 1.58 bits per heavy atom. The molecule has 0 radical (unpaired) electrons. The van der Waals surface area contributed by atoms with Crippen LogP contribution in [0.4, 0.5) is 5.69 Å². The van der Waals surface area contributed by atoms with Gasteiger partial charge in [0.05, 0.1) is 6.54 Å². The highest BCUT2D eigenvalue weighted by atomic mass is 35.5. The Hall–Kier alpha value is -1.33. The van der Waals surface area contributed by atoms with Crippen LogP contribution in [0.25, 0.3) is 0 Å². The summed E-state index contributed by atoms with van der Waals surface area (Å²) in [7, 11) is 1.82. The summed E-state index contributed by atoms with van der Waals surface area (Å²) in [4.78, 5) is 13.9. The first-order valence-electron chi connectivity index (χ1n) is 6.07. The minimum atomic E-state index is -0.00105. The number of nitrogens with zero attached hydrogens (tertiary/aromatic N) is 1. The number of amides is 1. The van der Waals surface area contributed by atoms with E-state index >= 15 is 0 Å². The Morgan fingerprint density at radius 2 is 2.26 bits per heavy atom. The van der Waals surface area contributed by atoms with Gasteiger partial charge >= 0.3 is 0 Å². The average Bonchev–Trinajstić information content (AvgIpc) is 3.12. The van der Waals surface area contributed by atoms with E-state index < -0.39 is 0 Å². The first-order valence-corrected chi connectivity index (χ1v) is 6.86. The summed E-state index contributed by atoms with van der Waals surface area (Å²) < 4.78 is 0. The molecule has 0 bridgehead atoms. The quantitative estimate of drug-likeness (QED) is 0.812. The van der Waals surface area contributed by atoms with E-state index in [1.54, 1.807) is 23.1 Å². The van der Waals surface area contributed by atoms with Crippen molar-refractivity contribution < 1.29 is 4.79 Å². The Labute approximate surface area is 122 Å². The number of nitrogens with one attached hydrogen (secondary N) is 1. The molecule has 0 aliphatic heterocycles. The molecule has 1 aromatic carbocycles. The fraction of sp³-hybridized carbons (Fsp3) is 0.385. The third kappa shape index (κ3) is 3.81. The molecule has 0 spiro atoms. The van der Waals surface area contributed by atoms with Gasteiger partial charge in [0, 0.05) is 29.4 Å². The van der Waals surface area contributed by atoms with Crippen molar-refractivity contribution >= 4 is 40.4 Å². The van der Waals surface area contributed by atoms with E-state index in [0.717, 1.165) is 24.1 Å². The van der Waals surface area contributed by atoms with Crippen LogP contribution < -0.4 is 16.0 Å². The van der Waals surface area contributed by atoms with Crippen molar-refractivity contribution in [2.75, 3.05) is 18.5 Å². The van der Waals surface area contributed by atoms with Crippen molar-refractivity contribution in [3.63, 3.8) is 0 Å². The molecule has 1 saturated carbocycles. The molecule has 1 aliphatic rings. The Morgan fingerprint density at radius 3 is 2.84 bits per heavy atom. The van der Waals surface area contributed by atoms with Gasteiger partial charge in [0.15, 0.2) is 0 Å². The number of halogens is 1. The SMILES string of the molecule is CN(CC(=O)NC1CC1)c1cc(Cl)ccc1C(N)=S. The van der Waals surface area contributed by atoms with Crippen molar-refractivity contribution in [2.45, 2.75) is 18.9 Å². The van der Waals surface area contributed by atoms with E-state index in [2.05, 4.69) is 5.32 Å². The summed E-state index contributed by atoms with van der Waals surface area (Å²) in [5.41, 5.74) is 7.18. The number of hydrogen-bond acceptors (Lipinski definition) is 3. The zero-order valence-corrected chi connectivity index (χ0v) is 12.2. The van der Waals surface area contributed by atoms with Crippen LogP contribution in [-0.4, -0.2) is 30.5 Å². The van der Waals surface area contributed by atoms with Crippen LogP contribution in [0.15, 0.2) is 18.2 Å². The number of carbonyl (C=O) groups excluding carboxylic acids is 1. The monoisotopic (exact) mass is 297 g/mol. The van der Waals surface area contributed by atoms with Gasteiger partial charge < -0.3 is 16.0 Å². The van der Waals surface area contributed by atoms with E-state index in [4.69, 9.17) is 29.6 Å². The number of hydrogen-bond donors (Lipinski definition) is 2. The molecule has 0 atom stereocenters. The van der Waals surface area contributed by atoms with Gasteiger partial charge in [-0.2, -0.15) is 0 Å². The van der Waals surface area contributed by atoms with E-state index in [1.165, 1.54) is 0 Å². The molecule has 1 aliphatic carbocycles.